The first-order valence-corrected chi connectivity index (χ1v) is 7.00. The predicted octanol–water partition coefficient (Wildman–Crippen LogP) is -1.89. The second-order valence-corrected chi connectivity index (χ2v) is 5.17. The maximum atomic E-state index is 12.1. The third-order valence-corrected chi connectivity index (χ3v) is 3.20. The molecular formula is C13H24N4O4. The molecule has 0 saturated carbocycles. The summed E-state index contributed by atoms with van der Waals surface area (Å²) in [5.74, 6) is -1.14. The van der Waals surface area contributed by atoms with E-state index in [1.165, 1.54) is 4.90 Å². The van der Waals surface area contributed by atoms with Crippen LogP contribution in [0.5, 0.6) is 0 Å². The zero-order chi connectivity index (χ0) is 16.0. The van der Waals surface area contributed by atoms with Crippen LogP contribution in [0.2, 0.25) is 0 Å². The molecule has 1 fully saturated rings. The molecule has 8 nitrogen and oxygen atoms in total. The van der Waals surface area contributed by atoms with Gasteiger partial charge in [-0.25, -0.2) is 4.79 Å². The fourth-order valence-electron chi connectivity index (χ4n) is 2.08. The van der Waals surface area contributed by atoms with Gasteiger partial charge < -0.3 is 25.2 Å². The molecule has 0 aliphatic carbocycles. The number of hydrogen-bond acceptors (Lipinski definition) is 6. The molecule has 0 radical (unpaired) electrons. The molecule has 2 N–H and O–H groups in total. The van der Waals surface area contributed by atoms with Gasteiger partial charge in [0.2, 0.25) is 5.91 Å². The van der Waals surface area contributed by atoms with E-state index in [1.807, 2.05) is 14.1 Å². The van der Waals surface area contributed by atoms with Crippen molar-refractivity contribution in [1.82, 2.24) is 14.7 Å². The normalized spacial score (nSPS) is 16.8. The summed E-state index contributed by atoms with van der Waals surface area (Å²) in [6.07, 6.45) is 0. The minimum atomic E-state index is -1.28. The molecule has 0 spiro atoms. The topological polar surface area (TPSA) is 96.2 Å². The number of piperazine rings is 1. The number of hydrogen-bond donors (Lipinski definition) is 1. The van der Waals surface area contributed by atoms with Crippen molar-refractivity contribution in [2.75, 3.05) is 53.4 Å². The van der Waals surface area contributed by atoms with E-state index in [4.69, 9.17) is 10.5 Å². The highest BCUT2D eigenvalue weighted by molar-refractivity contribution is 6.01. The highest BCUT2D eigenvalue weighted by atomic mass is 16.5. The molecule has 0 aromatic rings. The van der Waals surface area contributed by atoms with Crippen molar-refractivity contribution >= 4 is 17.8 Å². The molecule has 2 amide bonds. The van der Waals surface area contributed by atoms with E-state index in [0.29, 0.717) is 32.7 Å². The monoisotopic (exact) mass is 300 g/mol. The van der Waals surface area contributed by atoms with E-state index < -0.39 is 17.9 Å². The first kappa shape index (κ1) is 17.4. The van der Waals surface area contributed by atoms with Crippen molar-refractivity contribution in [1.29, 1.82) is 0 Å². The van der Waals surface area contributed by atoms with Crippen molar-refractivity contribution < 1.29 is 19.1 Å². The second kappa shape index (κ2) is 7.94. The van der Waals surface area contributed by atoms with Crippen LogP contribution >= 0.6 is 0 Å². The van der Waals surface area contributed by atoms with Gasteiger partial charge in [-0.15, -0.1) is 0 Å². The van der Waals surface area contributed by atoms with Gasteiger partial charge in [0.05, 0.1) is 13.2 Å². The Balaban J connectivity index is 2.47. The Kier molecular flexibility index (Phi) is 6.57. The molecule has 21 heavy (non-hydrogen) atoms. The highest BCUT2D eigenvalue weighted by Gasteiger charge is 2.31. The lowest BCUT2D eigenvalue weighted by Gasteiger charge is -2.36. The first-order valence-electron chi connectivity index (χ1n) is 7.00. The molecule has 1 saturated heterocycles. The second-order valence-electron chi connectivity index (χ2n) is 5.17. The minimum absolute atomic E-state index is 0.0294. The highest BCUT2D eigenvalue weighted by Crippen LogP contribution is 2.05. The lowest BCUT2D eigenvalue weighted by atomic mass is 10.2. The van der Waals surface area contributed by atoms with Crippen LogP contribution in [-0.4, -0.2) is 92.0 Å². The summed E-state index contributed by atoms with van der Waals surface area (Å²) in [6, 6.07) is -1.28. The fraction of sp³-hybridized carbons (Fsp3) is 0.769. The van der Waals surface area contributed by atoms with E-state index in [-0.39, 0.29) is 12.5 Å². The number of esters is 1. The lowest BCUT2D eigenvalue weighted by Crippen LogP contribution is -2.57. The molecule has 1 heterocycles. The van der Waals surface area contributed by atoms with E-state index in [1.54, 1.807) is 16.7 Å². The van der Waals surface area contributed by atoms with Gasteiger partial charge in [0.1, 0.15) is 0 Å². The van der Waals surface area contributed by atoms with Crippen molar-refractivity contribution in [2.24, 2.45) is 5.73 Å². The Morgan fingerprint density at radius 2 is 1.67 bits per heavy atom. The van der Waals surface area contributed by atoms with Crippen LogP contribution in [0.1, 0.15) is 6.92 Å². The number of likely N-dealkylation sites (N-methyl/N-ethyl adjacent to an activating group) is 1. The summed E-state index contributed by atoms with van der Waals surface area (Å²) in [5, 5.41) is 0. The van der Waals surface area contributed by atoms with Gasteiger partial charge in [0.25, 0.3) is 5.91 Å². The zero-order valence-electron chi connectivity index (χ0n) is 12.9. The molecule has 8 heteroatoms. The molecule has 1 rings (SSSR count). The van der Waals surface area contributed by atoms with Crippen molar-refractivity contribution in [3.63, 3.8) is 0 Å². The number of carbonyl (C=O) groups excluding carboxylic acids is 3. The first-order chi connectivity index (χ1) is 9.86. The third-order valence-electron chi connectivity index (χ3n) is 3.20. The molecule has 0 aromatic heterocycles. The summed E-state index contributed by atoms with van der Waals surface area (Å²) in [5.41, 5.74) is 5.59. The van der Waals surface area contributed by atoms with Crippen LogP contribution in [0.4, 0.5) is 0 Å². The van der Waals surface area contributed by atoms with Gasteiger partial charge >= 0.3 is 5.97 Å². The number of rotatable bonds is 5. The van der Waals surface area contributed by atoms with Crippen LogP contribution in [0.15, 0.2) is 0 Å². The molecule has 1 unspecified atom stereocenters. The van der Waals surface area contributed by atoms with Gasteiger partial charge in [0.15, 0.2) is 6.04 Å². The predicted molar refractivity (Wildman–Crippen MR) is 76.3 cm³/mol. The molecule has 1 atom stereocenters. The Morgan fingerprint density at radius 3 is 2.14 bits per heavy atom. The smallest absolute Gasteiger partial charge is 0.332 e. The molecular weight excluding hydrogens is 276 g/mol. The van der Waals surface area contributed by atoms with Crippen LogP contribution in [0.25, 0.3) is 0 Å². The van der Waals surface area contributed by atoms with Crippen molar-refractivity contribution in [2.45, 2.75) is 13.0 Å². The van der Waals surface area contributed by atoms with E-state index in [9.17, 15) is 14.4 Å². The SMILES string of the molecule is CCOC(=O)C(N)C(=O)N1CCN(C(=O)CN(C)C)CC1. The molecule has 1 aliphatic rings. The molecule has 0 aromatic carbocycles. The number of nitrogens with zero attached hydrogens (tertiary/aromatic N) is 3. The molecule has 1 aliphatic heterocycles. The summed E-state index contributed by atoms with van der Waals surface area (Å²) in [4.78, 5) is 40.4. The van der Waals surface area contributed by atoms with E-state index in [2.05, 4.69) is 0 Å². The van der Waals surface area contributed by atoms with Gasteiger partial charge in [-0.3, -0.25) is 9.59 Å². The summed E-state index contributed by atoms with van der Waals surface area (Å²) in [6.45, 7) is 3.85. The number of amides is 2. The number of nitrogens with two attached hydrogens (primary N) is 1. The Labute approximate surface area is 124 Å². The average molecular weight is 300 g/mol. The van der Waals surface area contributed by atoms with Gasteiger partial charge in [-0.05, 0) is 21.0 Å². The number of carbonyl (C=O) groups is 3. The summed E-state index contributed by atoms with van der Waals surface area (Å²) in [7, 11) is 3.66. The van der Waals surface area contributed by atoms with E-state index >= 15 is 0 Å². The Bertz CT molecular complexity index is 392. The van der Waals surface area contributed by atoms with Gasteiger partial charge in [0, 0.05) is 26.2 Å². The minimum Gasteiger partial charge on any atom is -0.464 e. The van der Waals surface area contributed by atoms with Gasteiger partial charge in [-0.2, -0.15) is 0 Å². The quantitative estimate of drug-likeness (QED) is 0.471. The van der Waals surface area contributed by atoms with Crippen LogP contribution in [0.3, 0.4) is 0 Å². The van der Waals surface area contributed by atoms with Crippen molar-refractivity contribution in [3.8, 4) is 0 Å². The maximum absolute atomic E-state index is 12.1. The zero-order valence-corrected chi connectivity index (χ0v) is 12.9. The largest absolute Gasteiger partial charge is 0.464 e. The van der Waals surface area contributed by atoms with Gasteiger partial charge in [-0.1, -0.05) is 0 Å². The third kappa shape index (κ3) is 4.98. The summed E-state index contributed by atoms with van der Waals surface area (Å²) < 4.78 is 4.74. The Hall–Kier alpha value is -1.67. The molecule has 0 bridgehead atoms. The van der Waals surface area contributed by atoms with Crippen LogP contribution in [0, 0.1) is 0 Å². The lowest BCUT2D eigenvalue weighted by molar-refractivity contribution is -0.152. The molecule has 120 valence electrons. The standard InChI is InChI=1S/C13H24N4O4/c1-4-21-13(20)11(14)12(19)17-7-5-16(6-8-17)10(18)9-15(2)3/h11H,4-9,14H2,1-3H3. The summed E-state index contributed by atoms with van der Waals surface area (Å²) >= 11 is 0. The number of ether oxygens (including phenoxy) is 1. The maximum Gasteiger partial charge on any atom is 0.332 e. The van der Waals surface area contributed by atoms with Crippen LogP contribution < -0.4 is 5.73 Å². The van der Waals surface area contributed by atoms with Crippen LogP contribution in [-0.2, 0) is 19.1 Å². The van der Waals surface area contributed by atoms with Crippen molar-refractivity contribution in [3.05, 3.63) is 0 Å². The Morgan fingerprint density at radius 1 is 1.14 bits per heavy atom. The average Bonchev–Trinajstić information content (AvgIpc) is 2.45. The fourth-order valence-corrected chi connectivity index (χ4v) is 2.08. The van der Waals surface area contributed by atoms with E-state index in [0.717, 1.165) is 0 Å².